The lowest BCUT2D eigenvalue weighted by Crippen LogP contribution is -2.51. The number of rotatable bonds is 13. The molecule has 1 fully saturated rings. The van der Waals surface area contributed by atoms with Crippen molar-refractivity contribution in [2.24, 2.45) is 0 Å². The minimum Gasteiger partial charge on any atom is -0.457 e. The fourth-order valence-corrected chi connectivity index (χ4v) is 5.05. The number of ether oxygens (including phenoxy) is 1. The van der Waals surface area contributed by atoms with Gasteiger partial charge in [-0.15, -0.1) is 12.4 Å². The lowest BCUT2D eigenvalue weighted by Gasteiger charge is -2.38. The fraction of sp³-hybridized carbons (Fsp3) is 0.536. The van der Waals surface area contributed by atoms with E-state index in [9.17, 15) is 18.3 Å². The lowest BCUT2D eigenvalue weighted by molar-refractivity contribution is 0.111. The smallest absolute Gasteiger partial charge is 0.317 e. The van der Waals surface area contributed by atoms with Crippen molar-refractivity contribution in [3.8, 4) is 11.5 Å². The second-order valence-corrected chi connectivity index (χ2v) is 11.7. The van der Waals surface area contributed by atoms with Crippen LogP contribution in [0.4, 0.5) is 10.5 Å². The normalized spacial score (nSPS) is 15.2. The van der Waals surface area contributed by atoms with Crippen molar-refractivity contribution in [3.05, 3.63) is 54.1 Å². The highest BCUT2D eigenvalue weighted by Crippen LogP contribution is 2.25. The number of likely N-dealkylation sites (tertiary alicyclic amines) is 1. The molecule has 2 amide bonds. The average Bonchev–Trinajstić information content (AvgIpc) is 2.89. The number of benzene rings is 2. The Morgan fingerprint density at radius 3 is 2.21 bits per heavy atom. The number of unbranched alkanes of at least 4 members (excludes halogenated alkanes) is 1. The quantitative estimate of drug-likeness (QED) is 0.312. The van der Waals surface area contributed by atoms with Crippen LogP contribution >= 0.6 is 12.4 Å². The molecule has 0 saturated carbocycles. The Bertz CT molecular complexity index is 1110. The second-order valence-electron chi connectivity index (χ2n) is 9.95. The van der Waals surface area contributed by atoms with Crippen LogP contribution in [0.1, 0.15) is 51.5 Å². The van der Waals surface area contributed by atoms with E-state index in [4.69, 9.17) is 4.74 Å². The summed E-state index contributed by atoms with van der Waals surface area (Å²) < 4.78 is 31.0. The molecular formula is C28H43ClN4O5S. The number of sulfonamides is 1. The third-order valence-corrected chi connectivity index (χ3v) is 7.30. The Morgan fingerprint density at radius 1 is 1.08 bits per heavy atom. The largest absolute Gasteiger partial charge is 0.457 e. The molecule has 1 saturated heterocycles. The van der Waals surface area contributed by atoms with Crippen molar-refractivity contribution < 1.29 is 23.1 Å². The number of aliphatic hydroxyl groups excluding tert-OH is 1. The molecule has 1 unspecified atom stereocenters. The van der Waals surface area contributed by atoms with Crippen LogP contribution in [0, 0.1) is 0 Å². The number of nitrogens with zero attached hydrogens (tertiary/aromatic N) is 2. The summed E-state index contributed by atoms with van der Waals surface area (Å²) in [4.78, 5) is 17.2. The number of carbonyl (C=O) groups excluding carboxylic acids is 1. The lowest BCUT2D eigenvalue weighted by atomic mass is 10.0. The molecular weight excluding hydrogens is 540 g/mol. The Kier molecular flexibility index (Phi) is 13.3. The van der Waals surface area contributed by atoms with Gasteiger partial charge in [-0.05, 0) is 67.6 Å². The molecule has 0 aromatic heterocycles. The summed E-state index contributed by atoms with van der Waals surface area (Å²) in [5.74, 6) is 1.33. The highest BCUT2D eigenvalue weighted by atomic mass is 35.5. The van der Waals surface area contributed by atoms with Crippen LogP contribution in [-0.4, -0.2) is 73.9 Å². The number of aliphatic hydroxyl groups is 1. The second kappa shape index (κ2) is 15.9. The Balaban J connectivity index is 0.00000533. The van der Waals surface area contributed by atoms with E-state index < -0.39 is 16.1 Å². The van der Waals surface area contributed by atoms with Gasteiger partial charge in [0.25, 0.3) is 0 Å². The maximum absolute atomic E-state index is 12.8. The molecule has 1 aliphatic heterocycles. The first-order chi connectivity index (χ1) is 18.2. The van der Waals surface area contributed by atoms with Gasteiger partial charge in [0.05, 0.1) is 12.4 Å². The molecule has 3 rings (SSSR count). The van der Waals surface area contributed by atoms with Gasteiger partial charge >= 0.3 is 6.03 Å². The number of halogens is 1. The fourth-order valence-electron chi connectivity index (χ4n) is 4.48. The van der Waals surface area contributed by atoms with Crippen molar-refractivity contribution in [3.63, 3.8) is 0 Å². The van der Waals surface area contributed by atoms with Gasteiger partial charge in [0.2, 0.25) is 10.0 Å². The first-order valence-corrected chi connectivity index (χ1v) is 15.4. The van der Waals surface area contributed by atoms with Gasteiger partial charge in [-0.25, -0.2) is 13.2 Å². The Hall–Kier alpha value is -2.53. The number of nitrogens with one attached hydrogen (secondary N) is 2. The van der Waals surface area contributed by atoms with Gasteiger partial charge in [-0.3, -0.25) is 9.62 Å². The van der Waals surface area contributed by atoms with Gasteiger partial charge in [0.15, 0.2) is 0 Å². The summed E-state index contributed by atoms with van der Waals surface area (Å²) in [5, 5.41) is 12.7. The maximum Gasteiger partial charge on any atom is 0.317 e. The highest BCUT2D eigenvalue weighted by molar-refractivity contribution is 7.92. The van der Waals surface area contributed by atoms with Crippen LogP contribution in [0.15, 0.2) is 48.5 Å². The summed E-state index contributed by atoms with van der Waals surface area (Å²) in [5.41, 5.74) is 1.68. The van der Waals surface area contributed by atoms with Crippen molar-refractivity contribution >= 4 is 34.1 Å². The van der Waals surface area contributed by atoms with E-state index in [0.717, 1.165) is 58.1 Å². The van der Waals surface area contributed by atoms with Gasteiger partial charge in [-0.1, -0.05) is 32.4 Å². The van der Waals surface area contributed by atoms with E-state index in [1.807, 2.05) is 24.0 Å². The average molecular weight is 583 g/mol. The van der Waals surface area contributed by atoms with E-state index in [-0.39, 0.29) is 24.5 Å². The molecule has 0 radical (unpaired) electrons. The molecule has 0 bridgehead atoms. The predicted molar refractivity (Wildman–Crippen MR) is 158 cm³/mol. The number of urea groups is 1. The van der Waals surface area contributed by atoms with Crippen LogP contribution in [0.25, 0.3) is 0 Å². The van der Waals surface area contributed by atoms with Gasteiger partial charge in [0, 0.05) is 44.5 Å². The number of carbonyl (C=O) groups is 1. The van der Waals surface area contributed by atoms with E-state index in [0.29, 0.717) is 30.2 Å². The third kappa shape index (κ3) is 11.2. The van der Waals surface area contributed by atoms with E-state index in [2.05, 4.69) is 34.0 Å². The standard InChI is InChI=1S/C28H42N4O5S.ClH/c1-4-6-17-32(28(34)29-20-25(33)5-2)24-15-18-31(19-16-24)21-22-7-11-26(12-8-22)37-27-13-9-23(10-14-27)30-38(3,35)36;/h7-14,24-25,30,33H,4-6,15-21H2,1-3H3,(H,29,34);1H. The van der Waals surface area contributed by atoms with Crippen molar-refractivity contribution in [1.82, 2.24) is 15.1 Å². The summed E-state index contributed by atoms with van der Waals surface area (Å²) in [6, 6.07) is 14.9. The molecule has 0 aliphatic carbocycles. The SMILES string of the molecule is CCCCN(C(=O)NCC(O)CC)C1CCN(Cc2ccc(Oc3ccc(NS(C)(=O)=O)cc3)cc2)CC1.Cl. The molecule has 1 aliphatic rings. The first kappa shape index (κ1) is 32.7. The molecule has 2 aromatic rings. The van der Waals surface area contributed by atoms with Gasteiger partial charge < -0.3 is 20.1 Å². The molecule has 9 nitrogen and oxygen atoms in total. The van der Waals surface area contributed by atoms with Crippen molar-refractivity contribution in [1.29, 1.82) is 0 Å². The van der Waals surface area contributed by atoms with Crippen LogP contribution in [0.2, 0.25) is 0 Å². The minimum absolute atomic E-state index is 0. The number of hydrogen-bond donors (Lipinski definition) is 3. The monoisotopic (exact) mass is 582 g/mol. The Labute approximate surface area is 239 Å². The van der Waals surface area contributed by atoms with Gasteiger partial charge in [-0.2, -0.15) is 0 Å². The number of amides is 2. The summed E-state index contributed by atoms with van der Waals surface area (Å²) in [6.07, 6.45) is 5.10. The maximum atomic E-state index is 12.8. The van der Waals surface area contributed by atoms with Crippen LogP contribution < -0.4 is 14.8 Å². The van der Waals surface area contributed by atoms with Crippen molar-refractivity contribution in [2.45, 2.75) is 64.6 Å². The highest BCUT2D eigenvalue weighted by Gasteiger charge is 2.27. The zero-order valence-corrected chi connectivity index (χ0v) is 24.8. The van der Waals surface area contributed by atoms with Gasteiger partial charge in [0.1, 0.15) is 11.5 Å². The molecule has 1 atom stereocenters. The summed E-state index contributed by atoms with van der Waals surface area (Å²) in [7, 11) is -3.31. The molecule has 2 aromatic carbocycles. The molecule has 11 heteroatoms. The number of hydrogen-bond acceptors (Lipinski definition) is 6. The predicted octanol–water partition coefficient (Wildman–Crippen LogP) is 4.82. The zero-order valence-electron chi connectivity index (χ0n) is 23.1. The van der Waals surface area contributed by atoms with E-state index >= 15 is 0 Å². The van der Waals surface area contributed by atoms with Crippen LogP contribution in [0.5, 0.6) is 11.5 Å². The van der Waals surface area contributed by atoms with Crippen LogP contribution in [-0.2, 0) is 16.6 Å². The minimum atomic E-state index is -3.31. The van der Waals surface area contributed by atoms with E-state index in [1.165, 1.54) is 5.56 Å². The van der Waals surface area contributed by atoms with E-state index in [1.54, 1.807) is 24.3 Å². The summed E-state index contributed by atoms with van der Waals surface area (Å²) in [6.45, 7) is 7.75. The molecule has 39 heavy (non-hydrogen) atoms. The topological polar surface area (TPSA) is 111 Å². The molecule has 0 spiro atoms. The zero-order chi connectivity index (χ0) is 27.5. The number of piperidine rings is 1. The first-order valence-electron chi connectivity index (χ1n) is 13.5. The summed E-state index contributed by atoms with van der Waals surface area (Å²) >= 11 is 0. The molecule has 1 heterocycles. The molecule has 218 valence electrons. The van der Waals surface area contributed by atoms with Crippen LogP contribution in [0.3, 0.4) is 0 Å². The Morgan fingerprint density at radius 2 is 1.67 bits per heavy atom. The molecule has 3 N–H and O–H groups in total. The number of anilines is 1. The third-order valence-electron chi connectivity index (χ3n) is 6.69. The van der Waals surface area contributed by atoms with Crippen molar-refractivity contribution in [2.75, 3.05) is 37.2 Å².